The van der Waals surface area contributed by atoms with Crippen LogP contribution in [0.25, 0.3) is 5.69 Å². The second-order valence-corrected chi connectivity index (χ2v) is 5.24. The van der Waals surface area contributed by atoms with E-state index in [4.69, 9.17) is 0 Å². The molecule has 1 aromatic heterocycles. The van der Waals surface area contributed by atoms with E-state index in [0.29, 0.717) is 5.92 Å². The summed E-state index contributed by atoms with van der Waals surface area (Å²) >= 11 is 0. The molecule has 2 aromatic rings. The lowest BCUT2D eigenvalue weighted by molar-refractivity contribution is 0.430. The smallest absolute Gasteiger partial charge is 0.217 e. The Morgan fingerprint density at radius 2 is 1.78 bits per heavy atom. The molecule has 1 heterocycles. The Morgan fingerprint density at radius 1 is 1.17 bits per heavy atom. The van der Waals surface area contributed by atoms with E-state index in [-0.39, 0.29) is 5.88 Å². The molecule has 0 aliphatic rings. The van der Waals surface area contributed by atoms with Gasteiger partial charge in [0.1, 0.15) is 0 Å². The standard InChI is InChI=1S/C15H20N2O/c1-10(2)9-14-12(4)15(18)17(16-14)13-7-5-11(3)6-8-13/h5-8,10,18H,9H2,1-4H3. The SMILES string of the molecule is Cc1ccc(-n2nc(CC(C)C)c(C)c2O)cc1. The summed E-state index contributed by atoms with van der Waals surface area (Å²) in [6.45, 7) is 8.27. The van der Waals surface area contributed by atoms with E-state index >= 15 is 0 Å². The monoisotopic (exact) mass is 244 g/mol. The third-order valence-corrected chi connectivity index (χ3v) is 3.07. The fourth-order valence-electron chi connectivity index (χ4n) is 1.98. The second kappa shape index (κ2) is 4.84. The molecule has 96 valence electrons. The van der Waals surface area contributed by atoms with Gasteiger partial charge in [-0.05, 0) is 38.3 Å². The predicted molar refractivity (Wildman–Crippen MR) is 73.2 cm³/mol. The Hall–Kier alpha value is -1.77. The van der Waals surface area contributed by atoms with Crippen LogP contribution in [-0.4, -0.2) is 14.9 Å². The van der Waals surface area contributed by atoms with Crippen molar-refractivity contribution in [3.63, 3.8) is 0 Å². The van der Waals surface area contributed by atoms with Crippen molar-refractivity contribution >= 4 is 0 Å². The van der Waals surface area contributed by atoms with Crippen LogP contribution in [0, 0.1) is 19.8 Å². The van der Waals surface area contributed by atoms with Crippen molar-refractivity contribution in [1.29, 1.82) is 0 Å². The summed E-state index contributed by atoms with van der Waals surface area (Å²) in [7, 11) is 0. The lowest BCUT2D eigenvalue weighted by Gasteiger charge is -2.03. The molecule has 3 heteroatoms. The van der Waals surface area contributed by atoms with Crippen molar-refractivity contribution in [2.45, 2.75) is 34.1 Å². The molecule has 0 amide bonds. The number of rotatable bonds is 3. The van der Waals surface area contributed by atoms with Crippen LogP contribution in [0.2, 0.25) is 0 Å². The lowest BCUT2D eigenvalue weighted by atomic mass is 10.1. The van der Waals surface area contributed by atoms with Gasteiger partial charge in [0, 0.05) is 5.56 Å². The van der Waals surface area contributed by atoms with Crippen LogP contribution in [0.15, 0.2) is 24.3 Å². The van der Waals surface area contributed by atoms with Crippen molar-refractivity contribution in [1.82, 2.24) is 9.78 Å². The summed E-state index contributed by atoms with van der Waals surface area (Å²) in [4.78, 5) is 0. The van der Waals surface area contributed by atoms with E-state index in [0.717, 1.165) is 23.4 Å². The number of nitrogens with zero attached hydrogens (tertiary/aromatic N) is 2. The van der Waals surface area contributed by atoms with Crippen molar-refractivity contribution in [2.75, 3.05) is 0 Å². The quantitative estimate of drug-likeness (QED) is 0.898. The Morgan fingerprint density at radius 3 is 2.33 bits per heavy atom. The molecule has 18 heavy (non-hydrogen) atoms. The van der Waals surface area contributed by atoms with E-state index in [9.17, 15) is 5.11 Å². The van der Waals surface area contributed by atoms with Gasteiger partial charge in [0.2, 0.25) is 5.88 Å². The van der Waals surface area contributed by atoms with Gasteiger partial charge >= 0.3 is 0 Å². The van der Waals surface area contributed by atoms with Gasteiger partial charge in [0.15, 0.2) is 0 Å². The third-order valence-electron chi connectivity index (χ3n) is 3.07. The normalized spacial score (nSPS) is 11.2. The molecule has 0 saturated heterocycles. The third kappa shape index (κ3) is 2.40. The number of aromatic hydroxyl groups is 1. The highest BCUT2D eigenvalue weighted by molar-refractivity contribution is 5.41. The first-order valence-corrected chi connectivity index (χ1v) is 6.33. The maximum atomic E-state index is 10.2. The number of hydrogen-bond donors (Lipinski definition) is 1. The second-order valence-electron chi connectivity index (χ2n) is 5.24. The minimum Gasteiger partial charge on any atom is -0.493 e. The maximum Gasteiger partial charge on any atom is 0.217 e. The van der Waals surface area contributed by atoms with E-state index in [1.165, 1.54) is 5.56 Å². The Kier molecular flexibility index (Phi) is 3.41. The zero-order valence-corrected chi connectivity index (χ0v) is 11.4. The van der Waals surface area contributed by atoms with Crippen LogP contribution in [0.1, 0.15) is 30.7 Å². The first-order valence-electron chi connectivity index (χ1n) is 6.33. The van der Waals surface area contributed by atoms with Gasteiger partial charge in [0.25, 0.3) is 0 Å². The van der Waals surface area contributed by atoms with Gasteiger partial charge in [-0.3, -0.25) is 0 Å². The molecule has 0 radical (unpaired) electrons. The molecular weight excluding hydrogens is 224 g/mol. The number of hydrogen-bond acceptors (Lipinski definition) is 2. The zero-order chi connectivity index (χ0) is 13.3. The maximum absolute atomic E-state index is 10.2. The summed E-state index contributed by atoms with van der Waals surface area (Å²) in [5.74, 6) is 0.777. The fourth-order valence-corrected chi connectivity index (χ4v) is 1.98. The zero-order valence-electron chi connectivity index (χ0n) is 11.4. The first kappa shape index (κ1) is 12.7. The summed E-state index contributed by atoms with van der Waals surface area (Å²) in [5, 5.41) is 14.7. The van der Waals surface area contributed by atoms with Crippen LogP contribution in [0.5, 0.6) is 5.88 Å². The molecule has 0 aliphatic heterocycles. The van der Waals surface area contributed by atoms with Crippen molar-refractivity contribution in [3.05, 3.63) is 41.1 Å². The lowest BCUT2D eigenvalue weighted by Crippen LogP contribution is -1.99. The van der Waals surface area contributed by atoms with Crippen LogP contribution in [0.4, 0.5) is 0 Å². The Bertz CT molecular complexity index is 538. The molecular formula is C15H20N2O. The van der Waals surface area contributed by atoms with Gasteiger partial charge in [-0.25, -0.2) is 4.68 Å². The topological polar surface area (TPSA) is 38.0 Å². The van der Waals surface area contributed by atoms with Gasteiger partial charge in [-0.15, -0.1) is 0 Å². The average molecular weight is 244 g/mol. The summed E-state index contributed by atoms with van der Waals surface area (Å²) in [6, 6.07) is 7.99. The summed E-state index contributed by atoms with van der Waals surface area (Å²) in [5.41, 5.74) is 3.95. The van der Waals surface area contributed by atoms with Gasteiger partial charge in [0.05, 0.1) is 11.4 Å². The highest BCUT2D eigenvalue weighted by atomic mass is 16.3. The Labute approximate surface area is 108 Å². The van der Waals surface area contributed by atoms with E-state index < -0.39 is 0 Å². The molecule has 0 spiro atoms. The van der Waals surface area contributed by atoms with Gasteiger partial charge < -0.3 is 5.11 Å². The fraction of sp³-hybridized carbons (Fsp3) is 0.400. The molecule has 0 saturated carbocycles. The summed E-state index contributed by atoms with van der Waals surface area (Å²) < 4.78 is 1.62. The molecule has 0 fully saturated rings. The van der Waals surface area contributed by atoms with E-state index in [2.05, 4.69) is 18.9 Å². The van der Waals surface area contributed by atoms with Crippen LogP contribution < -0.4 is 0 Å². The number of benzene rings is 1. The van der Waals surface area contributed by atoms with Crippen molar-refractivity contribution in [3.8, 4) is 11.6 Å². The molecule has 0 unspecified atom stereocenters. The van der Waals surface area contributed by atoms with Gasteiger partial charge in [-0.1, -0.05) is 31.5 Å². The number of aromatic nitrogens is 2. The Balaban J connectivity index is 2.42. The molecule has 1 N–H and O–H groups in total. The first-order chi connectivity index (χ1) is 8.49. The van der Waals surface area contributed by atoms with Crippen molar-refractivity contribution in [2.24, 2.45) is 5.92 Å². The minimum atomic E-state index is 0.245. The molecule has 1 aromatic carbocycles. The van der Waals surface area contributed by atoms with Crippen LogP contribution >= 0.6 is 0 Å². The van der Waals surface area contributed by atoms with Crippen LogP contribution in [-0.2, 0) is 6.42 Å². The van der Waals surface area contributed by atoms with E-state index in [1.807, 2.05) is 38.1 Å². The van der Waals surface area contributed by atoms with E-state index in [1.54, 1.807) is 4.68 Å². The number of aryl methyl sites for hydroxylation is 1. The van der Waals surface area contributed by atoms with Crippen LogP contribution in [0.3, 0.4) is 0 Å². The molecule has 3 nitrogen and oxygen atoms in total. The predicted octanol–water partition coefficient (Wildman–Crippen LogP) is 3.39. The van der Waals surface area contributed by atoms with Gasteiger partial charge in [-0.2, -0.15) is 5.10 Å². The highest BCUT2D eigenvalue weighted by Gasteiger charge is 2.15. The highest BCUT2D eigenvalue weighted by Crippen LogP contribution is 2.25. The minimum absolute atomic E-state index is 0.245. The molecule has 0 aliphatic carbocycles. The van der Waals surface area contributed by atoms with Crippen molar-refractivity contribution < 1.29 is 5.11 Å². The average Bonchev–Trinajstić information content (AvgIpc) is 2.58. The summed E-state index contributed by atoms with van der Waals surface area (Å²) in [6.07, 6.45) is 0.887. The molecule has 0 atom stereocenters. The molecule has 2 rings (SSSR count). The molecule has 0 bridgehead atoms. The largest absolute Gasteiger partial charge is 0.493 e.